The van der Waals surface area contributed by atoms with Crippen molar-refractivity contribution in [2.45, 2.75) is 39.2 Å². The quantitative estimate of drug-likeness (QED) is 0.688. The maximum absolute atomic E-state index is 12.5. The van der Waals surface area contributed by atoms with Gasteiger partial charge >= 0.3 is 6.03 Å². The van der Waals surface area contributed by atoms with Gasteiger partial charge in [-0.25, -0.2) is 14.2 Å². The van der Waals surface area contributed by atoms with Gasteiger partial charge in [0.15, 0.2) is 5.82 Å². The largest absolute Gasteiger partial charge is 0.338 e. The van der Waals surface area contributed by atoms with E-state index < -0.39 is 0 Å². The standard InChI is InChI=1S/C23H28N6O2/c1-17-16-18(2)28(25-17)21-8-9-22(30)29(26-21)20-11-14-27(15-12-20)23(31)24-13-10-19-6-4-3-5-7-19/h3-9,16,20H,10-15H2,1-2H3,(H,24,31). The molecule has 0 spiro atoms. The molecule has 0 bridgehead atoms. The number of nitrogens with zero attached hydrogens (tertiary/aromatic N) is 5. The van der Waals surface area contributed by atoms with Crippen molar-refractivity contribution in [3.8, 4) is 5.82 Å². The number of amides is 2. The fraction of sp³-hybridized carbons (Fsp3) is 0.391. The number of benzene rings is 1. The minimum atomic E-state index is -0.129. The van der Waals surface area contributed by atoms with Gasteiger partial charge in [-0.05, 0) is 50.8 Å². The summed E-state index contributed by atoms with van der Waals surface area (Å²) in [6.45, 7) is 5.70. The highest BCUT2D eigenvalue weighted by atomic mass is 16.2. The number of aryl methyl sites for hydroxylation is 2. The molecule has 1 fully saturated rings. The van der Waals surface area contributed by atoms with Gasteiger partial charge in [-0.15, -0.1) is 5.10 Å². The first kappa shape index (κ1) is 20.8. The SMILES string of the molecule is Cc1cc(C)n(-c2ccc(=O)n(C3CCN(C(=O)NCCc4ccccc4)CC3)n2)n1. The number of aromatic nitrogens is 4. The average Bonchev–Trinajstić information content (AvgIpc) is 3.13. The first-order valence-electron chi connectivity index (χ1n) is 10.7. The Labute approximate surface area is 181 Å². The smallest absolute Gasteiger partial charge is 0.317 e. The van der Waals surface area contributed by atoms with E-state index in [2.05, 4.69) is 27.6 Å². The average molecular weight is 421 g/mol. The Morgan fingerprint density at radius 3 is 2.48 bits per heavy atom. The molecule has 31 heavy (non-hydrogen) atoms. The van der Waals surface area contributed by atoms with E-state index in [9.17, 15) is 9.59 Å². The summed E-state index contributed by atoms with van der Waals surface area (Å²) >= 11 is 0. The Kier molecular flexibility index (Phi) is 6.16. The summed E-state index contributed by atoms with van der Waals surface area (Å²) < 4.78 is 3.30. The molecule has 3 heterocycles. The molecule has 8 heteroatoms. The normalized spacial score (nSPS) is 14.6. The van der Waals surface area contributed by atoms with Gasteiger partial charge in [0.1, 0.15) is 0 Å². The second kappa shape index (κ2) is 9.16. The van der Waals surface area contributed by atoms with Crippen molar-refractivity contribution < 1.29 is 4.79 Å². The second-order valence-electron chi connectivity index (χ2n) is 8.00. The van der Waals surface area contributed by atoms with Gasteiger partial charge in [-0.2, -0.15) is 5.10 Å². The summed E-state index contributed by atoms with van der Waals surface area (Å²) in [4.78, 5) is 26.8. The molecule has 162 valence electrons. The van der Waals surface area contributed by atoms with Crippen LogP contribution in [0.2, 0.25) is 0 Å². The van der Waals surface area contributed by atoms with E-state index in [-0.39, 0.29) is 17.6 Å². The van der Waals surface area contributed by atoms with Crippen LogP contribution in [0.4, 0.5) is 4.79 Å². The van der Waals surface area contributed by atoms with Gasteiger partial charge in [0.05, 0.1) is 11.7 Å². The first-order valence-corrected chi connectivity index (χ1v) is 10.7. The van der Waals surface area contributed by atoms with Gasteiger partial charge in [-0.1, -0.05) is 30.3 Å². The number of carbonyl (C=O) groups excluding carboxylic acids is 1. The third-order valence-corrected chi connectivity index (χ3v) is 5.67. The van der Waals surface area contributed by atoms with Crippen molar-refractivity contribution in [3.63, 3.8) is 0 Å². The van der Waals surface area contributed by atoms with E-state index in [4.69, 9.17) is 0 Å². The Morgan fingerprint density at radius 1 is 1.06 bits per heavy atom. The molecule has 8 nitrogen and oxygen atoms in total. The van der Waals surface area contributed by atoms with E-state index in [1.165, 1.54) is 5.56 Å². The lowest BCUT2D eigenvalue weighted by Crippen LogP contribution is -2.46. The van der Waals surface area contributed by atoms with Crippen LogP contribution in [0.3, 0.4) is 0 Å². The highest BCUT2D eigenvalue weighted by Crippen LogP contribution is 2.21. The second-order valence-corrected chi connectivity index (χ2v) is 8.00. The molecule has 2 aromatic heterocycles. The maximum Gasteiger partial charge on any atom is 0.317 e. The molecule has 0 unspecified atom stereocenters. The van der Waals surface area contributed by atoms with Crippen LogP contribution in [-0.2, 0) is 6.42 Å². The van der Waals surface area contributed by atoms with Crippen LogP contribution >= 0.6 is 0 Å². The summed E-state index contributed by atoms with van der Waals surface area (Å²) in [5.74, 6) is 0.631. The maximum atomic E-state index is 12.5. The van der Waals surface area contributed by atoms with Crippen molar-refractivity contribution in [2.24, 2.45) is 0 Å². The minimum absolute atomic E-state index is 0.0298. The topological polar surface area (TPSA) is 85.0 Å². The van der Waals surface area contributed by atoms with E-state index >= 15 is 0 Å². The number of likely N-dealkylation sites (tertiary alicyclic amines) is 1. The van der Waals surface area contributed by atoms with E-state index in [1.54, 1.807) is 21.5 Å². The molecule has 1 aromatic carbocycles. The monoisotopic (exact) mass is 420 g/mol. The van der Waals surface area contributed by atoms with Gasteiger partial charge in [0.2, 0.25) is 0 Å². The van der Waals surface area contributed by atoms with Crippen LogP contribution in [0.25, 0.3) is 5.82 Å². The molecular weight excluding hydrogens is 392 g/mol. The Balaban J connectivity index is 1.35. The lowest BCUT2D eigenvalue weighted by atomic mass is 10.1. The molecular formula is C23H28N6O2. The van der Waals surface area contributed by atoms with Crippen LogP contribution < -0.4 is 10.9 Å². The van der Waals surface area contributed by atoms with E-state index in [0.29, 0.717) is 38.3 Å². The lowest BCUT2D eigenvalue weighted by Gasteiger charge is -2.32. The van der Waals surface area contributed by atoms with Crippen LogP contribution in [0, 0.1) is 13.8 Å². The number of urea groups is 1. The molecule has 0 aliphatic carbocycles. The zero-order valence-electron chi connectivity index (χ0n) is 18.0. The Bertz CT molecular complexity index is 1100. The van der Waals surface area contributed by atoms with Crippen molar-refractivity contribution in [3.05, 3.63) is 75.8 Å². The molecule has 0 atom stereocenters. The molecule has 3 aromatic rings. The molecule has 2 amide bonds. The third-order valence-electron chi connectivity index (χ3n) is 5.67. The third kappa shape index (κ3) is 4.84. The molecule has 1 N–H and O–H groups in total. The number of hydrogen-bond donors (Lipinski definition) is 1. The molecule has 0 saturated carbocycles. The number of hydrogen-bond acceptors (Lipinski definition) is 4. The number of carbonyl (C=O) groups is 1. The van der Waals surface area contributed by atoms with Gasteiger partial charge in [-0.3, -0.25) is 4.79 Å². The zero-order valence-corrected chi connectivity index (χ0v) is 18.0. The summed E-state index contributed by atoms with van der Waals surface area (Å²) in [7, 11) is 0. The number of rotatable bonds is 5. The summed E-state index contributed by atoms with van der Waals surface area (Å²) in [5, 5.41) is 12.0. The van der Waals surface area contributed by atoms with Crippen molar-refractivity contribution in [2.75, 3.05) is 19.6 Å². The predicted octanol–water partition coefficient (Wildman–Crippen LogP) is 2.64. The van der Waals surface area contributed by atoms with Crippen molar-refractivity contribution in [1.82, 2.24) is 29.8 Å². The van der Waals surface area contributed by atoms with Gasteiger partial charge in [0.25, 0.3) is 5.56 Å². The van der Waals surface area contributed by atoms with Gasteiger partial charge < -0.3 is 10.2 Å². The zero-order chi connectivity index (χ0) is 21.8. The Morgan fingerprint density at radius 2 is 1.81 bits per heavy atom. The van der Waals surface area contributed by atoms with Crippen LogP contribution in [-0.4, -0.2) is 50.1 Å². The minimum Gasteiger partial charge on any atom is -0.338 e. The molecule has 1 saturated heterocycles. The summed E-state index contributed by atoms with van der Waals surface area (Å²) in [6.07, 6.45) is 2.20. The van der Waals surface area contributed by atoms with Crippen LogP contribution in [0.5, 0.6) is 0 Å². The highest BCUT2D eigenvalue weighted by molar-refractivity contribution is 5.74. The summed E-state index contributed by atoms with van der Waals surface area (Å²) in [6, 6.07) is 15.2. The number of piperidine rings is 1. The van der Waals surface area contributed by atoms with Crippen LogP contribution in [0.15, 0.2) is 53.3 Å². The van der Waals surface area contributed by atoms with E-state index in [1.807, 2.05) is 43.0 Å². The fourth-order valence-corrected chi connectivity index (χ4v) is 4.03. The Hall–Kier alpha value is -3.42. The molecule has 0 radical (unpaired) electrons. The predicted molar refractivity (Wildman–Crippen MR) is 118 cm³/mol. The lowest BCUT2D eigenvalue weighted by molar-refractivity contribution is 0.167. The first-order chi connectivity index (χ1) is 15.0. The van der Waals surface area contributed by atoms with Gasteiger partial charge in [0, 0.05) is 31.4 Å². The summed E-state index contributed by atoms with van der Waals surface area (Å²) in [5.41, 5.74) is 2.95. The van der Waals surface area contributed by atoms with E-state index in [0.717, 1.165) is 17.8 Å². The number of nitrogens with one attached hydrogen (secondary N) is 1. The fourth-order valence-electron chi connectivity index (χ4n) is 4.03. The highest BCUT2D eigenvalue weighted by Gasteiger charge is 2.25. The molecule has 1 aliphatic heterocycles. The van der Waals surface area contributed by atoms with Crippen molar-refractivity contribution in [1.29, 1.82) is 0 Å². The molecule has 4 rings (SSSR count). The van der Waals surface area contributed by atoms with Crippen LogP contribution in [0.1, 0.15) is 35.8 Å². The molecule has 1 aliphatic rings. The van der Waals surface area contributed by atoms with Crippen molar-refractivity contribution >= 4 is 6.03 Å².